The van der Waals surface area contributed by atoms with Crippen LogP contribution in [0.15, 0.2) is 0 Å². The summed E-state index contributed by atoms with van der Waals surface area (Å²) >= 11 is 0. The fraction of sp³-hybridized carbons (Fsp3) is 1.00. The first-order chi connectivity index (χ1) is 6.97. The maximum atomic E-state index is 9.96. The molecule has 3 rings (SSSR count). The zero-order valence-electron chi connectivity index (χ0n) is 10.2. The van der Waals surface area contributed by atoms with Crippen LogP contribution in [0.3, 0.4) is 0 Å². The first-order valence-corrected chi connectivity index (χ1v) is 6.65. The van der Waals surface area contributed by atoms with Crippen molar-refractivity contribution >= 4 is 0 Å². The monoisotopic (exact) mass is 208 g/mol. The van der Waals surface area contributed by atoms with Crippen molar-refractivity contribution in [1.82, 2.24) is 0 Å². The van der Waals surface area contributed by atoms with Crippen LogP contribution in [-0.2, 0) is 0 Å². The van der Waals surface area contributed by atoms with Gasteiger partial charge in [0.1, 0.15) is 0 Å². The molecule has 0 aliphatic heterocycles. The molecular formula is C14H24O. The SMILES string of the molecule is CC(C)(C)C1CC2C3CC(O)C(C3)C2C1. The van der Waals surface area contributed by atoms with Gasteiger partial charge in [0.25, 0.3) is 0 Å². The van der Waals surface area contributed by atoms with E-state index in [2.05, 4.69) is 20.8 Å². The van der Waals surface area contributed by atoms with Crippen molar-refractivity contribution in [2.75, 3.05) is 0 Å². The summed E-state index contributed by atoms with van der Waals surface area (Å²) in [6.45, 7) is 7.16. The summed E-state index contributed by atoms with van der Waals surface area (Å²) in [6, 6.07) is 0. The number of hydrogen-bond acceptors (Lipinski definition) is 1. The third kappa shape index (κ3) is 1.39. The Morgan fingerprint density at radius 3 is 2.20 bits per heavy atom. The van der Waals surface area contributed by atoms with Gasteiger partial charge in [0.05, 0.1) is 6.10 Å². The Hall–Kier alpha value is -0.0400. The Balaban J connectivity index is 1.77. The molecule has 0 spiro atoms. The molecule has 1 N–H and O–H groups in total. The minimum atomic E-state index is 0.0509. The molecular weight excluding hydrogens is 184 g/mol. The van der Waals surface area contributed by atoms with E-state index in [1.165, 1.54) is 19.3 Å². The second-order valence-electron chi connectivity index (χ2n) is 7.32. The van der Waals surface area contributed by atoms with E-state index in [0.29, 0.717) is 11.3 Å². The third-order valence-corrected chi connectivity index (χ3v) is 5.66. The normalized spacial score (nSPS) is 53.6. The molecule has 3 saturated carbocycles. The highest BCUT2D eigenvalue weighted by molar-refractivity contribution is 5.06. The van der Waals surface area contributed by atoms with Crippen LogP contribution in [0.5, 0.6) is 0 Å². The van der Waals surface area contributed by atoms with Crippen molar-refractivity contribution < 1.29 is 5.11 Å². The van der Waals surface area contributed by atoms with Gasteiger partial charge in [-0.2, -0.15) is 0 Å². The lowest BCUT2D eigenvalue weighted by atomic mass is 9.78. The molecule has 15 heavy (non-hydrogen) atoms. The summed E-state index contributed by atoms with van der Waals surface area (Å²) in [5.41, 5.74) is 0.481. The van der Waals surface area contributed by atoms with Gasteiger partial charge in [-0.1, -0.05) is 20.8 Å². The predicted octanol–water partition coefficient (Wildman–Crippen LogP) is 3.08. The van der Waals surface area contributed by atoms with Gasteiger partial charge in [0, 0.05) is 0 Å². The number of fused-ring (bicyclic) bond motifs is 5. The standard InChI is InChI=1S/C14H24O/c1-14(2,3)9-6-10-8-4-12(11(10)7-9)13(15)5-8/h8-13,15H,4-7H2,1-3H3. The molecule has 3 aliphatic carbocycles. The van der Waals surface area contributed by atoms with Crippen molar-refractivity contribution in [1.29, 1.82) is 0 Å². The van der Waals surface area contributed by atoms with Crippen molar-refractivity contribution in [2.45, 2.75) is 52.6 Å². The quantitative estimate of drug-likeness (QED) is 0.648. The molecule has 0 amide bonds. The summed E-state index contributed by atoms with van der Waals surface area (Å²) in [5, 5.41) is 9.96. The van der Waals surface area contributed by atoms with Crippen molar-refractivity contribution in [3.63, 3.8) is 0 Å². The van der Waals surface area contributed by atoms with Crippen molar-refractivity contribution in [3.05, 3.63) is 0 Å². The average molecular weight is 208 g/mol. The second kappa shape index (κ2) is 3.00. The fourth-order valence-corrected chi connectivity index (χ4v) is 4.74. The van der Waals surface area contributed by atoms with E-state index in [9.17, 15) is 5.11 Å². The van der Waals surface area contributed by atoms with Crippen LogP contribution in [0.1, 0.15) is 46.5 Å². The number of aliphatic hydroxyl groups is 1. The number of aliphatic hydroxyl groups excluding tert-OH is 1. The molecule has 0 aromatic heterocycles. The van der Waals surface area contributed by atoms with Gasteiger partial charge in [-0.15, -0.1) is 0 Å². The molecule has 1 nitrogen and oxygen atoms in total. The Kier molecular flexibility index (Phi) is 2.03. The van der Waals surface area contributed by atoms with E-state index < -0.39 is 0 Å². The van der Waals surface area contributed by atoms with Gasteiger partial charge < -0.3 is 5.11 Å². The molecule has 0 aromatic carbocycles. The van der Waals surface area contributed by atoms with Crippen LogP contribution in [0, 0.1) is 35.0 Å². The summed E-state index contributed by atoms with van der Waals surface area (Å²) < 4.78 is 0. The minimum Gasteiger partial charge on any atom is -0.393 e. The molecule has 86 valence electrons. The Labute approximate surface area is 93.3 Å². The summed E-state index contributed by atoms with van der Waals surface area (Å²) in [6.07, 6.45) is 5.35. The first kappa shape index (κ1) is 10.1. The second-order valence-corrected chi connectivity index (χ2v) is 7.32. The molecule has 2 bridgehead atoms. The summed E-state index contributed by atoms with van der Waals surface area (Å²) in [7, 11) is 0. The lowest BCUT2D eigenvalue weighted by molar-refractivity contribution is 0.0636. The highest BCUT2D eigenvalue weighted by Crippen LogP contribution is 2.62. The number of rotatable bonds is 0. The molecule has 6 atom stereocenters. The summed E-state index contributed by atoms with van der Waals surface area (Å²) in [5.74, 6) is 4.31. The molecule has 6 unspecified atom stereocenters. The number of hydrogen-bond donors (Lipinski definition) is 1. The van der Waals surface area contributed by atoms with Crippen LogP contribution in [0.4, 0.5) is 0 Å². The first-order valence-electron chi connectivity index (χ1n) is 6.65. The van der Waals surface area contributed by atoms with E-state index in [1.807, 2.05) is 0 Å². The fourth-order valence-electron chi connectivity index (χ4n) is 4.74. The lowest BCUT2D eigenvalue weighted by Gasteiger charge is -2.28. The van der Waals surface area contributed by atoms with Crippen LogP contribution in [0.2, 0.25) is 0 Å². The molecule has 3 fully saturated rings. The van der Waals surface area contributed by atoms with Crippen molar-refractivity contribution in [3.8, 4) is 0 Å². The maximum absolute atomic E-state index is 9.96. The van der Waals surface area contributed by atoms with Crippen LogP contribution >= 0.6 is 0 Å². The van der Waals surface area contributed by atoms with Gasteiger partial charge >= 0.3 is 0 Å². The Morgan fingerprint density at radius 1 is 0.867 bits per heavy atom. The van der Waals surface area contributed by atoms with Crippen LogP contribution in [-0.4, -0.2) is 11.2 Å². The molecule has 1 heteroatoms. The van der Waals surface area contributed by atoms with Gasteiger partial charge in [-0.3, -0.25) is 0 Å². The minimum absolute atomic E-state index is 0.0509. The molecule has 0 heterocycles. The molecule has 0 radical (unpaired) electrons. The highest BCUT2D eigenvalue weighted by atomic mass is 16.3. The third-order valence-electron chi connectivity index (χ3n) is 5.66. The van der Waals surface area contributed by atoms with E-state index in [0.717, 1.165) is 30.1 Å². The lowest BCUT2D eigenvalue weighted by Crippen LogP contribution is -2.27. The maximum Gasteiger partial charge on any atom is 0.0574 e. The van der Waals surface area contributed by atoms with Gasteiger partial charge in [-0.05, 0) is 60.7 Å². The zero-order chi connectivity index (χ0) is 10.8. The van der Waals surface area contributed by atoms with E-state index in [1.54, 1.807) is 0 Å². The highest BCUT2D eigenvalue weighted by Gasteiger charge is 2.56. The van der Waals surface area contributed by atoms with E-state index in [4.69, 9.17) is 0 Å². The predicted molar refractivity (Wildman–Crippen MR) is 61.4 cm³/mol. The van der Waals surface area contributed by atoms with Crippen LogP contribution < -0.4 is 0 Å². The van der Waals surface area contributed by atoms with E-state index >= 15 is 0 Å². The topological polar surface area (TPSA) is 20.2 Å². The molecule has 0 aromatic rings. The van der Waals surface area contributed by atoms with Gasteiger partial charge in [-0.25, -0.2) is 0 Å². The Bertz CT molecular complexity index is 265. The van der Waals surface area contributed by atoms with Gasteiger partial charge in [0.15, 0.2) is 0 Å². The summed E-state index contributed by atoms with van der Waals surface area (Å²) in [4.78, 5) is 0. The smallest absolute Gasteiger partial charge is 0.0574 e. The van der Waals surface area contributed by atoms with Crippen LogP contribution in [0.25, 0.3) is 0 Å². The molecule has 0 saturated heterocycles. The zero-order valence-corrected chi connectivity index (χ0v) is 10.2. The van der Waals surface area contributed by atoms with Gasteiger partial charge in [0.2, 0.25) is 0 Å². The molecule has 3 aliphatic rings. The largest absolute Gasteiger partial charge is 0.393 e. The average Bonchev–Trinajstić information content (AvgIpc) is 2.67. The van der Waals surface area contributed by atoms with Crippen molar-refractivity contribution in [2.24, 2.45) is 35.0 Å². The van der Waals surface area contributed by atoms with E-state index in [-0.39, 0.29) is 6.10 Å². The Morgan fingerprint density at radius 2 is 1.53 bits per heavy atom.